The van der Waals surface area contributed by atoms with Crippen LogP contribution in [0.3, 0.4) is 0 Å². The average Bonchev–Trinajstić information content (AvgIpc) is 3.27. The summed E-state index contributed by atoms with van der Waals surface area (Å²) >= 11 is 1.21. The highest BCUT2D eigenvalue weighted by atomic mass is 32.2. The zero-order valence-corrected chi connectivity index (χ0v) is 17.6. The number of thiophene rings is 1. The maximum atomic E-state index is 12.7. The van der Waals surface area contributed by atoms with Gasteiger partial charge in [-0.15, -0.1) is 11.3 Å². The molecule has 0 unspecified atom stereocenters. The van der Waals surface area contributed by atoms with E-state index in [1.54, 1.807) is 24.6 Å². The van der Waals surface area contributed by atoms with Crippen molar-refractivity contribution < 1.29 is 17.9 Å². The zero-order chi connectivity index (χ0) is 20.0. The van der Waals surface area contributed by atoms with E-state index in [0.717, 1.165) is 25.0 Å². The molecule has 0 spiro atoms. The van der Waals surface area contributed by atoms with Crippen molar-refractivity contribution in [1.82, 2.24) is 9.62 Å². The van der Waals surface area contributed by atoms with Gasteiger partial charge in [0.05, 0.1) is 13.0 Å². The molecule has 1 saturated heterocycles. The molecule has 1 aromatic heterocycles. The van der Waals surface area contributed by atoms with Crippen molar-refractivity contribution in [2.45, 2.75) is 29.9 Å². The lowest BCUT2D eigenvalue weighted by atomic mass is 9.99. The summed E-state index contributed by atoms with van der Waals surface area (Å²) in [5.74, 6) is 0.479. The Balaban J connectivity index is 1.47. The summed E-state index contributed by atoms with van der Waals surface area (Å²) in [6.45, 7) is 1.30. The number of ether oxygens (including phenoxy) is 1. The fourth-order valence-electron chi connectivity index (χ4n) is 3.39. The monoisotopic (exact) mass is 422 g/mol. The largest absolute Gasteiger partial charge is 0.497 e. The fourth-order valence-corrected chi connectivity index (χ4v) is 6.06. The van der Waals surface area contributed by atoms with Gasteiger partial charge in [-0.25, -0.2) is 8.42 Å². The van der Waals surface area contributed by atoms with E-state index in [9.17, 15) is 13.2 Å². The lowest BCUT2D eigenvalue weighted by Gasteiger charge is -2.30. The summed E-state index contributed by atoms with van der Waals surface area (Å²) < 4.78 is 32.4. The SMILES string of the molecule is COc1cccc(CCCNC(=O)[C@@H]2CCCN(S(=O)(=O)c3cccs3)C2)c1. The predicted octanol–water partition coefficient (Wildman–Crippen LogP) is 2.91. The second-order valence-corrected chi connectivity index (χ2v) is 9.99. The standard InChI is InChI=1S/C20H26N2O4S2/c1-26-18-9-2-6-16(14-18)7-3-11-21-20(23)17-8-4-12-22(15-17)28(24,25)19-10-5-13-27-19/h2,5-6,9-10,13-14,17H,3-4,7-8,11-12,15H2,1H3,(H,21,23)/t17-/m1/s1. The van der Waals surface area contributed by atoms with E-state index in [1.807, 2.05) is 24.3 Å². The Morgan fingerprint density at radius 3 is 2.93 bits per heavy atom. The number of nitrogens with one attached hydrogen (secondary N) is 1. The van der Waals surface area contributed by atoms with E-state index in [2.05, 4.69) is 5.32 Å². The third kappa shape index (κ3) is 5.12. The average molecular weight is 423 g/mol. The van der Waals surface area contributed by atoms with Gasteiger partial charge in [0, 0.05) is 19.6 Å². The second-order valence-electron chi connectivity index (χ2n) is 6.88. The number of hydrogen-bond acceptors (Lipinski definition) is 5. The van der Waals surface area contributed by atoms with Crippen molar-refractivity contribution in [2.75, 3.05) is 26.7 Å². The summed E-state index contributed by atoms with van der Waals surface area (Å²) in [6, 6.07) is 11.2. The van der Waals surface area contributed by atoms with Crippen molar-refractivity contribution in [3.05, 3.63) is 47.3 Å². The summed E-state index contributed by atoms with van der Waals surface area (Å²) in [5.41, 5.74) is 1.17. The number of benzene rings is 1. The van der Waals surface area contributed by atoms with Crippen molar-refractivity contribution in [2.24, 2.45) is 5.92 Å². The van der Waals surface area contributed by atoms with Crippen molar-refractivity contribution in [3.63, 3.8) is 0 Å². The number of carbonyl (C=O) groups excluding carboxylic acids is 1. The van der Waals surface area contributed by atoms with Gasteiger partial charge in [0.2, 0.25) is 5.91 Å². The second kappa shape index (κ2) is 9.54. The van der Waals surface area contributed by atoms with Gasteiger partial charge in [-0.3, -0.25) is 4.79 Å². The lowest BCUT2D eigenvalue weighted by Crippen LogP contribution is -2.45. The number of amides is 1. The minimum Gasteiger partial charge on any atom is -0.497 e. The molecule has 0 radical (unpaired) electrons. The minimum atomic E-state index is -3.49. The molecule has 1 fully saturated rings. The first kappa shape index (κ1) is 20.8. The summed E-state index contributed by atoms with van der Waals surface area (Å²) in [5, 5.41) is 4.72. The molecule has 2 aromatic rings. The van der Waals surface area contributed by atoms with Crippen LogP contribution in [-0.4, -0.2) is 45.4 Å². The van der Waals surface area contributed by atoms with E-state index in [1.165, 1.54) is 21.2 Å². The van der Waals surface area contributed by atoms with Gasteiger partial charge in [0.25, 0.3) is 10.0 Å². The number of piperidine rings is 1. The number of aryl methyl sites for hydroxylation is 1. The molecule has 152 valence electrons. The molecule has 0 saturated carbocycles. The Kier molecular flexibility index (Phi) is 7.09. The topological polar surface area (TPSA) is 75.7 Å². The van der Waals surface area contributed by atoms with Gasteiger partial charge < -0.3 is 10.1 Å². The third-order valence-corrected chi connectivity index (χ3v) is 8.16. The van der Waals surface area contributed by atoms with Crippen molar-refractivity contribution in [1.29, 1.82) is 0 Å². The first-order valence-electron chi connectivity index (χ1n) is 9.45. The highest BCUT2D eigenvalue weighted by Crippen LogP contribution is 2.26. The van der Waals surface area contributed by atoms with Gasteiger partial charge >= 0.3 is 0 Å². The molecule has 2 heterocycles. The smallest absolute Gasteiger partial charge is 0.252 e. The number of sulfonamides is 1. The molecular weight excluding hydrogens is 396 g/mol. The van der Waals surface area contributed by atoms with E-state index < -0.39 is 10.0 Å². The van der Waals surface area contributed by atoms with Crippen LogP contribution in [0.1, 0.15) is 24.8 Å². The third-order valence-electron chi connectivity index (χ3n) is 4.92. The van der Waals surface area contributed by atoms with Crippen LogP contribution in [0.25, 0.3) is 0 Å². The Morgan fingerprint density at radius 1 is 1.32 bits per heavy atom. The molecule has 1 aromatic carbocycles. The Bertz CT molecular complexity index is 881. The van der Waals surface area contributed by atoms with E-state index in [0.29, 0.717) is 23.7 Å². The molecule has 1 atom stereocenters. The predicted molar refractivity (Wildman–Crippen MR) is 110 cm³/mol. The van der Waals surface area contributed by atoms with Crippen molar-refractivity contribution >= 4 is 27.3 Å². The zero-order valence-electron chi connectivity index (χ0n) is 16.0. The highest BCUT2D eigenvalue weighted by Gasteiger charge is 2.33. The van der Waals surface area contributed by atoms with Crippen LogP contribution in [0.15, 0.2) is 46.0 Å². The van der Waals surface area contributed by atoms with Gasteiger partial charge in [0.15, 0.2) is 0 Å². The van der Waals surface area contributed by atoms with Gasteiger partial charge in [0.1, 0.15) is 9.96 Å². The molecule has 1 aliphatic heterocycles. The van der Waals surface area contributed by atoms with Gasteiger partial charge in [-0.05, 0) is 54.8 Å². The van der Waals surface area contributed by atoms with Crippen molar-refractivity contribution in [3.8, 4) is 5.75 Å². The maximum absolute atomic E-state index is 12.7. The fraction of sp³-hybridized carbons (Fsp3) is 0.450. The molecule has 1 N–H and O–H groups in total. The van der Waals surface area contributed by atoms with E-state index in [4.69, 9.17) is 4.74 Å². The van der Waals surface area contributed by atoms with E-state index in [-0.39, 0.29) is 18.4 Å². The first-order valence-corrected chi connectivity index (χ1v) is 11.8. The molecule has 1 amide bonds. The normalized spacial score (nSPS) is 18.0. The molecule has 0 aliphatic carbocycles. The summed E-state index contributed by atoms with van der Waals surface area (Å²) in [4.78, 5) is 12.5. The van der Waals surface area contributed by atoms with Crippen LogP contribution < -0.4 is 10.1 Å². The molecule has 3 rings (SSSR count). The quantitative estimate of drug-likeness (QED) is 0.664. The van der Waals surface area contributed by atoms with Crippen LogP contribution in [0.5, 0.6) is 5.75 Å². The van der Waals surface area contributed by atoms with Crippen LogP contribution in [0.4, 0.5) is 0 Å². The van der Waals surface area contributed by atoms with E-state index >= 15 is 0 Å². The number of rotatable bonds is 8. The lowest BCUT2D eigenvalue weighted by molar-refractivity contribution is -0.126. The first-order chi connectivity index (χ1) is 13.5. The molecule has 6 nitrogen and oxygen atoms in total. The highest BCUT2D eigenvalue weighted by molar-refractivity contribution is 7.91. The van der Waals surface area contributed by atoms with Crippen LogP contribution in [0.2, 0.25) is 0 Å². The summed E-state index contributed by atoms with van der Waals surface area (Å²) in [6.07, 6.45) is 3.09. The summed E-state index contributed by atoms with van der Waals surface area (Å²) in [7, 11) is -1.85. The Labute approximate surface area is 170 Å². The molecule has 28 heavy (non-hydrogen) atoms. The molecule has 8 heteroatoms. The Hall–Kier alpha value is -1.90. The molecule has 1 aliphatic rings. The van der Waals surface area contributed by atoms with Crippen LogP contribution in [-0.2, 0) is 21.2 Å². The van der Waals surface area contributed by atoms with Gasteiger partial charge in [-0.1, -0.05) is 18.2 Å². The number of nitrogens with zero attached hydrogens (tertiary/aromatic N) is 1. The molecular formula is C20H26N2O4S2. The Morgan fingerprint density at radius 2 is 2.18 bits per heavy atom. The number of carbonyl (C=O) groups is 1. The van der Waals surface area contributed by atoms with Gasteiger partial charge in [-0.2, -0.15) is 4.31 Å². The van der Waals surface area contributed by atoms with Crippen LogP contribution in [0, 0.1) is 5.92 Å². The minimum absolute atomic E-state index is 0.0586. The number of methoxy groups -OCH3 is 1. The maximum Gasteiger partial charge on any atom is 0.252 e. The molecule has 0 bridgehead atoms. The van der Waals surface area contributed by atoms with Crippen LogP contribution >= 0.6 is 11.3 Å². The number of hydrogen-bond donors (Lipinski definition) is 1.